The van der Waals surface area contributed by atoms with Crippen molar-refractivity contribution in [1.29, 1.82) is 0 Å². The minimum Gasteiger partial charge on any atom is -0.324 e. The van der Waals surface area contributed by atoms with Gasteiger partial charge in [-0.3, -0.25) is 4.79 Å². The third kappa shape index (κ3) is 1.49. The number of aryl methyl sites for hydroxylation is 1. The number of nitrogens with two attached hydrogens (primary N) is 1. The Morgan fingerprint density at radius 3 is 2.73 bits per heavy atom. The van der Waals surface area contributed by atoms with Crippen LogP contribution in [0.15, 0.2) is 23.1 Å². The Balaban J connectivity index is 3.28. The van der Waals surface area contributed by atoms with Gasteiger partial charge in [-0.1, -0.05) is 6.07 Å². The van der Waals surface area contributed by atoms with Gasteiger partial charge in [-0.15, -0.1) is 0 Å². The van der Waals surface area contributed by atoms with Crippen LogP contribution in [-0.2, 0) is 7.05 Å². The monoisotopic (exact) mass is 152 g/mol. The van der Waals surface area contributed by atoms with Crippen molar-refractivity contribution < 1.29 is 0 Å². The van der Waals surface area contributed by atoms with Crippen molar-refractivity contribution in [3.63, 3.8) is 0 Å². The molecule has 1 aromatic rings. The van der Waals surface area contributed by atoms with Crippen LogP contribution in [0.2, 0.25) is 0 Å². The second-order valence-corrected chi connectivity index (χ2v) is 2.67. The van der Waals surface area contributed by atoms with Crippen LogP contribution in [0, 0.1) is 0 Å². The summed E-state index contributed by atoms with van der Waals surface area (Å²) < 4.78 is 1.53. The van der Waals surface area contributed by atoms with E-state index in [0.29, 0.717) is 5.56 Å². The van der Waals surface area contributed by atoms with Gasteiger partial charge in [0.2, 0.25) is 0 Å². The molecule has 1 aromatic heterocycles. The van der Waals surface area contributed by atoms with E-state index in [9.17, 15) is 4.79 Å². The van der Waals surface area contributed by atoms with E-state index in [1.54, 1.807) is 26.2 Å². The first kappa shape index (κ1) is 8.01. The van der Waals surface area contributed by atoms with Crippen LogP contribution in [0.5, 0.6) is 0 Å². The number of hydrogen-bond donors (Lipinski definition) is 1. The number of pyridine rings is 1. The molecule has 2 N–H and O–H groups in total. The van der Waals surface area contributed by atoms with E-state index >= 15 is 0 Å². The van der Waals surface area contributed by atoms with Gasteiger partial charge in [0.05, 0.1) is 0 Å². The highest BCUT2D eigenvalue weighted by Gasteiger charge is 2.03. The smallest absolute Gasteiger partial charge is 0.255 e. The predicted octanol–water partition coefficient (Wildman–Crippen LogP) is 0.405. The molecule has 0 saturated heterocycles. The topological polar surface area (TPSA) is 48.0 Å². The lowest BCUT2D eigenvalue weighted by Crippen LogP contribution is -2.24. The van der Waals surface area contributed by atoms with Crippen molar-refractivity contribution in [3.05, 3.63) is 34.2 Å². The average Bonchev–Trinajstić information content (AvgIpc) is 1.94. The molecule has 60 valence electrons. The molecule has 1 unspecified atom stereocenters. The summed E-state index contributed by atoms with van der Waals surface area (Å²) in [5, 5.41) is 0. The zero-order valence-corrected chi connectivity index (χ0v) is 6.74. The normalized spacial score (nSPS) is 13.0. The van der Waals surface area contributed by atoms with Crippen LogP contribution in [0.1, 0.15) is 18.5 Å². The number of aromatic nitrogens is 1. The van der Waals surface area contributed by atoms with Crippen LogP contribution >= 0.6 is 0 Å². The van der Waals surface area contributed by atoms with Gasteiger partial charge in [0.1, 0.15) is 0 Å². The maximum absolute atomic E-state index is 11.3. The Labute approximate surface area is 65.5 Å². The van der Waals surface area contributed by atoms with E-state index < -0.39 is 0 Å². The van der Waals surface area contributed by atoms with Gasteiger partial charge in [-0.05, 0) is 13.0 Å². The van der Waals surface area contributed by atoms with Gasteiger partial charge in [0, 0.05) is 24.8 Å². The molecule has 0 spiro atoms. The Bertz CT molecular complexity index is 301. The molecule has 3 nitrogen and oxygen atoms in total. The van der Waals surface area contributed by atoms with Crippen molar-refractivity contribution in [2.75, 3.05) is 0 Å². The zero-order chi connectivity index (χ0) is 8.43. The molecular weight excluding hydrogens is 140 g/mol. The van der Waals surface area contributed by atoms with Crippen molar-refractivity contribution in [2.24, 2.45) is 12.8 Å². The lowest BCUT2D eigenvalue weighted by atomic mass is 10.1. The van der Waals surface area contributed by atoms with Crippen molar-refractivity contribution >= 4 is 0 Å². The summed E-state index contributed by atoms with van der Waals surface area (Å²) in [6, 6.07) is 3.39. The van der Waals surface area contributed by atoms with E-state index in [0.717, 1.165) is 0 Å². The highest BCUT2D eigenvalue weighted by Crippen LogP contribution is 2.00. The number of rotatable bonds is 1. The van der Waals surface area contributed by atoms with Gasteiger partial charge in [-0.25, -0.2) is 0 Å². The molecule has 11 heavy (non-hydrogen) atoms. The molecule has 0 aromatic carbocycles. The fourth-order valence-corrected chi connectivity index (χ4v) is 0.965. The second kappa shape index (κ2) is 2.88. The highest BCUT2D eigenvalue weighted by atomic mass is 16.1. The maximum Gasteiger partial charge on any atom is 0.255 e. The molecule has 0 amide bonds. The zero-order valence-electron chi connectivity index (χ0n) is 6.74. The first-order valence-corrected chi connectivity index (χ1v) is 3.54. The summed E-state index contributed by atoms with van der Waals surface area (Å²) in [6.45, 7) is 1.80. The van der Waals surface area contributed by atoms with E-state index in [1.165, 1.54) is 4.57 Å². The van der Waals surface area contributed by atoms with Gasteiger partial charge < -0.3 is 10.3 Å². The summed E-state index contributed by atoms with van der Waals surface area (Å²) in [5.74, 6) is 0. The minimum atomic E-state index is -0.185. The van der Waals surface area contributed by atoms with Gasteiger partial charge in [0.25, 0.3) is 5.56 Å². The molecule has 0 fully saturated rings. The van der Waals surface area contributed by atoms with Crippen molar-refractivity contribution in [3.8, 4) is 0 Å². The lowest BCUT2D eigenvalue weighted by Gasteiger charge is -2.05. The van der Waals surface area contributed by atoms with E-state index in [4.69, 9.17) is 5.73 Å². The quantitative estimate of drug-likeness (QED) is 0.633. The van der Waals surface area contributed by atoms with E-state index in [1.807, 2.05) is 6.07 Å². The SMILES string of the molecule is CC(N)c1cccn(C)c1=O. The lowest BCUT2D eigenvalue weighted by molar-refractivity contribution is 0.756. The molecule has 0 saturated carbocycles. The maximum atomic E-state index is 11.3. The van der Waals surface area contributed by atoms with Crippen LogP contribution in [0.25, 0.3) is 0 Å². The van der Waals surface area contributed by atoms with Crippen molar-refractivity contribution in [1.82, 2.24) is 4.57 Å². The predicted molar refractivity (Wildman–Crippen MR) is 44.3 cm³/mol. The first-order chi connectivity index (χ1) is 5.13. The Morgan fingerprint density at radius 1 is 1.64 bits per heavy atom. The summed E-state index contributed by atoms with van der Waals surface area (Å²) in [5.41, 5.74) is 6.22. The molecule has 1 atom stereocenters. The number of hydrogen-bond acceptors (Lipinski definition) is 2. The van der Waals surface area contributed by atoms with Crippen LogP contribution in [0.3, 0.4) is 0 Å². The fourth-order valence-electron chi connectivity index (χ4n) is 0.965. The standard InChI is InChI=1S/C8H12N2O/c1-6(9)7-4-3-5-10(2)8(7)11/h3-6H,9H2,1-2H3. The van der Waals surface area contributed by atoms with Gasteiger partial charge in [-0.2, -0.15) is 0 Å². The van der Waals surface area contributed by atoms with Crippen LogP contribution in [-0.4, -0.2) is 4.57 Å². The molecule has 1 heterocycles. The molecular formula is C8H12N2O. The molecule has 0 bridgehead atoms. The molecule has 0 aliphatic carbocycles. The molecule has 0 radical (unpaired) electrons. The molecule has 3 heteroatoms. The van der Waals surface area contributed by atoms with Gasteiger partial charge >= 0.3 is 0 Å². The van der Waals surface area contributed by atoms with Gasteiger partial charge in [0.15, 0.2) is 0 Å². The van der Waals surface area contributed by atoms with E-state index in [-0.39, 0.29) is 11.6 Å². The Morgan fingerprint density at radius 2 is 2.27 bits per heavy atom. The fraction of sp³-hybridized carbons (Fsp3) is 0.375. The average molecular weight is 152 g/mol. The largest absolute Gasteiger partial charge is 0.324 e. The Hall–Kier alpha value is -1.09. The van der Waals surface area contributed by atoms with Crippen LogP contribution in [0.4, 0.5) is 0 Å². The summed E-state index contributed by atoms with van der Waals surface area (Å²) in [4.78, 5) is 11.3. The van der Waals surface area contributed by atoms with Crippen LogP contribution < -0.4 is 11.3 Å². The molecule has 1 rings (SSSR count). The summed E-state index contributed by atoms with van der Waals surface area (Å²) in [6.07, 6.45) is 1.72. The highest BCUT2D eigenvalue weighted by molar-refractivity contribution is 5.13. The Kier molecular flexibility index (Phi) is 2.10. The molecule has 0 aliphatic heterocycles. The van der Waals surface area contributed by atoms with Crippen molar-refractivity contribution in [2.45, 2.75) is 13.0 Å². The third-order valence-corrected chi connectivity index (χ3v) is 1.64. The second-order valence-electron chi connectivity index (χ2n) is 2.67. The summed E-state index contributed by atoms with van der Waals surface area (Å²) >= 11 is 0. The summed E-state index contributed by atoms with van der Waals surface area (Å²) in [7, 11) is 1.72. The number of nitrogens with zero attached hydrogens (tertiary/aromatic N) is 1. The van der Waals surface area contributed by atoms with E-state index in [2.05, 4.69) is 0 Å². The molecule has 0 aliphatic rings. The minimum absolute atomic E-state index is 0.0116. The third-order valence-electron chi connectivity index (χ3n) is 1.64. The first-order valence-electron chi connectivity index (χ1n) is 3.54.